The van der Waals surface area contributed by atoms with Gasteiger partial charge in [-0.25, -0.2) is 0 Å². The molecule has 0 amide bonds. The van der Waals surface area contributed by atoms with E-state index in [-0.39, 0.29) is 29.3 Å². The summed E-state index contributed by atoms with van der Waals surface area (Å²) in [6, 6.07) is 19.1. The number of halogens is 1. The fraction of sp³-hybridized carbons (Fsp3) is 0.350. The predicted octanol–water partition coefficient (Wildman–Crippen LogP) is 3.55. The summed E-state index contributed by atoms with van der Waals surface area (Å²) in [5.41, 5.74) is 2.34. The molecule has 2 fully saturated rings. The van der Waals surface area contributed by atoms with Gasteiger partial charge in [-0.05, 0) is 6.07 Å². The van der Waals surface area contributed by atoms with Crippen molar-refractivity contribution in [2.75, 3.05) is 26.4 Å². The molecule has 2 aliphatic heterocycles. The summed E-state index contributed by atoms with van der Waals surface area (Å²) < 4.78 is 22.3. The Labute approximate surface area is 179 Å². The maximum absolute atomic E-state index is 5.31. The Morgan fingerprint density at radius 2 is 1.65 bits per heavy atom. The predicted molar refractivity (Wildman–Crippen MR) is 103 cm³/mol. The Bertz CT molecular complexity index is 629. The summed E-state index contributed by atoms with van der Waals surface area (Å²) >= 11 is 3.48. The second-order valence-electron chi connectivity index (χ2n) is 5.60. The summed E-state index contributed by atoms with van der Waals surface area (Å²) in [7, 11) is 0. The number of ether oxygens (including phenoxy) is 4. The van der Waals surface area contributed by atoms with Crippen molar-refractivity contribution in [2.45, 2.75) is 19.1 Å². The first-order valence-corrected chi connectivity index (χ1v) is 9.14. The fourth-order valence-electron chi connectivity index (χ4n) is 2.51. The van der Waals surface area contributed by atoms with Crippen LogP contribution in [0.1, 0.15) is 11.1 Å². The first-order valence-electron chi connectivity index (χ1n) is 8.35. The second-order valence-corrected chi connectivity index (χ2v) is 6.45. The third kappa shape index (κ3) is 7.27. The van der Waals surface area contributed by atoms with Crippen LogP contribution in [0.2, 0.25) is 0 Å². The monoisotopic (exact) mass is 428 g/mol. The maximum atomic E-state index is 5.31. The molecule has 0 aromatic heterocycles. The van der Waals surface area contributed by atoms with Crippen LogP contribution < -0.4 is 0 Å². The van der Waals surface area contributed by atoms with Crippen molar-refractivity contribution in [3.63, 3.8) is 0 Å². The Hall–Kier alpha value is -0.474. The molecule has 2 aromatic rings. The van der Waals surface area contributed by atoms with Crippen LogP contribution >= 0.6 is 15.9 Å². The van der Waals surface area contributed by atoms with Crippen molar-refractivity contribution >= 4 is 39.0 Å². The molecule has 0 aliphatic carbocycles. The van der Waals surface area contributed by atoms with Crippen LogP contribution in [0.15, 0.2) is 53.0 Å². The molecular formula is C20H21BrMgO4. The molecule has 0 radical (unpaired) electrons. The van der Waals surface area contributed by atoms with E-state index in [9.17, 15) is 0 Å². The smallest absolute Gasteiger partial charge is 0.520 e. The average molecular weight is 430 g/mol. The van der Waals surface area contributed by atoms with Crippen molar-refractivity contribution < 1.29 is 18.9 Å². The van der Waals surface area contributed by atoms with E-state index in [2.05, 4.69) is 28.1 Å². The molecule has 26 heavy (non-hydrogen) atoms. The largest absolute Gasteiger partial charge is 2.00 e. The van der Waals surface area contributed by atoms with Crippen LogP contribution in [-0.2, 0) is 31.8 Å². The average Bonchev–Trinajstić information content (AvgIpc) is 3.33. The van der Waals surface area contributed by atoms with Crippen molar-refractivity contribution in [1.82, 2.24) is 0 Å². The fourth-order valence-corrected chi connectivity index (χ4v) is 2.94. The van der Waals surface area contributed by atoms with Gasteiger partial charge < -0.3 is 18.9 Å². The van der Waals surface area contributed by atoms with Gasteiger partial charge in [-0.1, -0.05) is 46.0 Å². The van der Waals surface area contributed by atoms with E-state index in [1.807, 2.05) is 42.5 Å². The van der Waals surface area contributed by atoms with Gasteiger partial charge >= 0.3 is 23.1 Å². The molecule has 0 bridgehead atoms. The molecule has 0 atom stereocenters. The van der Waals surface area contributed by atoms with Crippen molar-refractivity contribution in [3.8, 4) is 0 Å². The van der Waals surface area contributed by atoms with E-state index in [4.69, 9.17) is 18.9 Å². The first kappa shape index (κ1) is 21.8. The topological polar surface area (TPSA) is 36.9 Å². The van der Waals surface area contributed by atoms with Crippen LogP contribution in [0.4, 0.5) is 0 Å². The zero-order chi connectivity index (χ0) is 17.3. The van der Waals surface area contributed by atoms with E-state index >= 15 is 0 Å². The normalized spacial score (nSPS) is 17.4. The molecule has 4 rings (SSSR count). The van der Waals surface area contributed by atoms with Gasteiger partial charge in [0.1, 0.15) is 0 Å². The zero-order valence-electron chi connectivity index (χ0n) is 14.7. The number of rotatable bonds is 4. The second kappa shape index (κ2) is 12.1. The summed E-state index contributed by atoms with van der Waals surface area (Å²) in [5.74, 6) is 0. The minimum Gasteiger partial charge on any atom is -0.520 e. The van der Waals surface area contributed by atoms with Gasteiger partial charge in [0, 0.05) is 24.1 Å². The molecule has 2 aromatic carbocycles. The van der Waals surface area contributed by atoms with Crippen LogP contribution in [0.25, 0.3) is 0 Å². The van der Waals surface area contributed by atoms with E-state index in [0.29, 0.717) is 13.2 Å². The van der Waals surface area contributed by atoms with Gasteiger partial charge in [-0.2, -0.15) is 35.9 Å². The SMILES string of the molecule is Brc1ccccc1C[C-]1OCCO1.[Mg+2].[c-]1ccccc1CC1OCCO1. The Kier molecular flexibility index (Phi) is 10.1. The molecule has 0 unspecified atom stereocenters. The minimum atomic E-state index is -0.0522. The maximum Gasteiger partial charge on any atom is 2.00 e. The van der Waals surface area contributed by atoms with Crippen molar-refractivity contribution in [1.29, 1.82) is 0 Å². The third-order valence-corrected chi connectivity index (χ3v) is 4.53. The number of hydrogen-bond acceptors (Lipinski definition) is 4. The van der Waals surface area contributed by atoms with Crippen LogP contribution in [0, 0.1) is 12.4 Å². The van der Waals surface area contributed by atoms with Gasteiger partial charge in [0.25, 0.3) is 0 Å². The molecule has 134 valence electrons. The molecule has 2 aliphatic rings. The van der Waals surface area contributed by atoms with Crippen LogP contribution in [0.3, 0.4) is 0 Å². The Balaban J connectivity index is 0.000000180. The van der Waals surface area contributed by atoms with Crippen molar-refractivity contribution in [3.05, 3.63) is 76.5 Å². The molecule has 0 saturated carbocycles. The summed E-state index contributed by atoms with van der Waals surface area (Å²) in [4.78, 5) is 0. The summed E-state index contributed by atoms with van der Waals surface area (Å²) in [5, 5.41) is 0. The zero-order valence-corrected chi connectivity index (χ0v) is 17.7. The first-order chi connectivity index (χ1) is 12.3. The third-order valence-electron chi connectivity index (χ3n) is 3.75. The minimum absolute atomic E-state index is 0. The van der Waals surface area contributed by atoms with Gasteiger partial charge in [0.2, 0.25) is 0 Å². The van der Waals surface area contributed by atoms with Crippen molar-refractivity contribution in [2.24, 2.45) is 0 Å². The van der Waals surface area contributed by atoms with Gasteiger partial charge in [0.05, 0.1) is 13.2 Å². The number of benzene rings is 2. The van der Waals surface area contributed by atoms with E-state index < -0.39 is 0 Å². The van der Waals surface area contributed by atoms with Gasteiger partial charge in [-0.3, -0.25) is 0 Å². The van der Waals surface area contributed by atoms with Gasteiger partial charge in [0.15, 0.2) is 6.29 Å². The van der Waals surface area contributed by atoms with E-state index in [1.165, 1.54) is 5.56 Å². The number of hydrogen-bond donors (Lipinski definition) is 0. The molecule has 4 nitrogen and oxygen atoms in total. The molecule has 6 heteroatoms. The Morgan fingerprint density at radius 1 is 0.962 bits per heavy atom. The molecule has 0 spiro atoms. The molecule has 0 N–H and O–H groups in total. The molecule has 2 saturated heterocycles. The summed E-state index contributed by atoms with van der Waals surface area (Å²) in [6.45, 7) is 2.80. The standard InChI is InChI=1S/C10H10BrO2.C10H11O2.Mg/c11-9-4-2-1-3-8(9)7-10-12-5-6-13-10;1-2-4-9(5-3-1)8-10-11-6-7-12-10;/h1-4H,5-7H2;1-4,10H,6-8H2;/q2*-1;+2. The summed E-state index contributed by atoms with van der Waals surface area (Å²) in [6.07, 6.45) is 2.22. The van der Waals surface area contributed by atoms with E-state index in [1.54, 1.807) is 0 Å². The Morgan fingerprint density at radius 3 is 2.31 bits per heavy atom. The van der Waals surface area contributed by atoms with Crippen LogP contribution in [0.5, 0.6) is 0 Å². The molecular weight excluding hydrogens is 408 g/mol. The quantitative estimate of drug-likeness (QED) is 0.550. The van der Waals surface area contributed by atoms with Crippen LogP contribution in [-0.4, -0.2) is 55.8 Å². The van der Waals surface area contributed by atoms with Gasteiger partial charge in [-0.15, -0.1) is 6.42 Å². The van der Waals surface area contributed by atoms with E-state index in [0.717, 1.165) is 42.4 Å². The molecule has 2 heterocycles.